The molecule has 0 heterocycles. The Morgan fingerprint density at radius 2 is 0.482 bits per heavy atom. The summed E-state index contributed by atoms with van der Waals surface area (Å²) < 4.78 is 0. The predicted octanol–water partition coefficient (Wildman–Crippen LogP) is 16.4. The number of rotatable bonds is 28. The van der Waals surface area contributed by atoms with E-state index in [9.17, 15) is 0 Å². The van der Waals surface area contributed by atoms with E-state index in [-0.39, 0.29) is 11.6 Å². The molecule has 0 spiro atoms. The maximum absolute atomic E-state index is 15.8. The van der Waals surface area contributed by atoms with Gasteiger partial charge in [0.05, 0.1) is 0 Å². The molecule has 0 aromatic heterocycles. The molecule has 0 unspecified atom stereocenters. The van der Waals surface area contributed by atoms with Crippen molar-refractivity contribution in [1.82, 2.24) is 0 Å². The van der Waals surface area contributed by atoms with E-state index in [1.165, 1.54) is 124 Å². The van der Waals surface area contributed by atoms with Crippen LogP contribution in [0.2, 0.25) is 0 Å². The zero-order valence-corrected chi connectivity index (χ0v) is 36.2. The van der Waals surface area contributed by atoms with Crippen LogP contribution < -0.4 is 0 Å². The molecule has 304 valence electrons. The molecule has 4 aromatic rings. The lowest BCUT2D eigenvalue weighted by atomic mass is 9.71. The number of hydrogen-bond acceptors (Lipinski definition) is 2. The topological polar surface area (TPSA) is 34.1 Å². The lowest BCUT2D eigenvalue weighted by Gasteiger charge is -2.30. The molecule has 0 bridgehead atoms. The van der Waals surface area contributed by atoms with E-state index in [0.717, 1.165) is 122 Å². The molecular weight excluding hydrogens is 681 g/mol. The molecule has 4 aromatic carbocycles. The number of aryl methyl sites for hydroxylation is 4. The summed E-state index contributed by atoms with van der Waals surface area (Å²) in [5.74, 6) is 0.280. The van der Waals surface area contributed by atoms with Crippen LogP contribution in [0, 0.1) is 0 Å². The van der Waals surface area contributed by atoms with Crippen molar-refractivity contribution in [3.05, 3.63) is 93.0 Å². The van der Waals surface area contributed by atoms with E-state index in [4.69, 9.17) is 0 Å². The second-order valence-electron chi connectivity index (χ2n) is 17.2. The molecule has 1 aliphatic rings. The number of ketones is 2. The Morgan fingerprint density at radius 1 is 0.286 bits per heavy atom. The molecule has 0 fully saturated rings. The molecule has 0 amide bonds. The van der Waals surface area contributed by atoms with Crippen LogP contribution in [0.15, 0.2) is 48.5 Å². The van der Waals surface area contributed by atoms with Crippen molar-refractivity contribution in [2.75, 3.05) is 0 Å². The Balaban J connectivity index is 1.67. The quantitative estimate of drug-likeness (QED) is 0.0476. The molecule has 2 heteroatoms. The summed E-state index contributed by atoms with van der Waals surface area (Å²) in [6.45, 7) is 9.09. The van der Waals surface area contributed by atoms with Crippen LogP contribution in [0.4, 0.5) is 0 Å². The van der Waals surface area contributed by atoms with E-state index in [1.54, 1.807) is 0 Å². The van der Waals surface area contributed by atoms with Crippen LogP contribution in [0.3, 0.4) is 0 Å². The lowest BCUT2D eigenvalue weighted by molar-refractivity contribution is 0.0976. The Morgan fingerprint density at radius 3 is 0.696 bits per heavy atom. The highest BCUT2D eigenvalue weighted by Gasteiger charge is 2.39. The van der Waals surface area contributed by atoms with Crippen LogP contribution in [-0.4, -0.2) is 11.6 Å². The minimum Gasteiger partial charge on any atom is -0.289 e. The SMILES string of the molecule is CCCCCCCCc1c2c(c(CCCCCCCC)c3ccccc13)C(=O)c1c(c(CCCCCCCC)c3ccccc3c1CCCCCCCC)C2=O. The molecule has 0 radical (unpaired) electrons. The van der Waals surface area contributed by atoms with Gasteiger partial charge in [0.25, 0.3) is 0 Å². The van der Waals surface area contributed by atoms with Crippen molar-refractivity contribution in [3.63, 3.8) is 0 Å². The molecule has 0 saturated carbocycles. The number of benzene rings is 4. The molecule has 56 heavy (non-hydrogen) atoms. The van der Waals surface area contributed by atoms with Crippen LogP contribution in [0.25, 0.3) is 21.5 Å². The first-order valence-corrected chi connectivity index (χ1v) is 23.8. The van der Waals surface area contributed by atoms with Crippen LogP contribution >= 0.6 is 0 Å². The molecule has 0 aliphatic heterocycles. The largest absolute Gasteiger partial charge is 0.289 e. The average Bonchev–Trinajstić information content (AvgIpc) is 3.22. The fourth-order valence-corrected chi connectivity index (χ4v) is 9.78. The highest BCUT2D eigenvalue weighted by Crippen LogP contribution is 2.44. The van der Waals surface area contributed by atoms with Gasteiger partial charge in [-0.25, -0.2) is 0 Å². The Kier molecular flexibility index (Phi) is 18.7. The van der Waals surface area contributed by atoms with E-state index >= 15 is 9.59 Å². The Labute approximate surface area is 342 Å². The molecule has 0 N–H and O–H groups in total. The summed E-state index contributed by atoms with van der Waals surface area (Å²) in [6, 6.07) is 17.6. The Bertz CT molecular complexity index is 1580. The third kappa shape index (κ3) is 11.0. The van der Waals surface area contributed by atoms with Gasteiger partial charge in [-0.15, -0.1) is 0 Å². The van der Waals surface area contributed by atoms with Gasteiger partial charge in [-0.2, -0.15) is 0 Å². The van der Waals surface area contributed by atoms with Crippen molar-refractivity contribution in [3.8, 4) is 0 Å². The minimum absolute atomic E-state index is 0.140. The second kappa shape index (κ2) is 23.8. The van der Waals surface area contributed by atoms with Gasteiger partial charge in [0.15, 0.2) is 11.6 Å². The zero-order valence-electron chi connectivity index (χ0n) is 36.2. The van der Waals surface area contributed by atoms with Gasteiger partial charge in [0.2, 0.25) is 0 Å². The van der Waals surface area contributed by atoms with Crippen molar-refractivity contribution in [1.29, 1.82) is 0 Å². The third-order valence-electron chi connectivity index (χ3n) is 12.9. The highest BCUT2D eigenvalue weighted by atomic mass is 16.1. The monoisotopic (exact) mass is 757 g/mol. The van der Waals surface area contributed by atoms with Gasteiger partial charge in [0, 0.05) is 22.3 Å². The van der Waals surface area contributed by atoms with Gasteiger partial charge in [-0.05, 0) is 95.2 Å². The predicted molar refractivity (Wildman–Crippen MR) is 243 cm³/mol. The van der Waals surface area contributed by atoms with Gasteiger partial charge in [-0.3, -0.25) is 9.59 Å². The summed E-state index contributed by atoms with van der Waals surface area (Å²) in [4.78, 5) is 31.6. The summed E-state index contributed by atoms with van der Waals surface area (Å²) in [5.41, 5.74) is 7.61. The minimum atomic E-state index is 0.140. The number of unbranched alkanes of at least 4 members (excludes halogenated alkanes) is 20. The van der Waals surface area contributed by atoms with E-state index in [0.29, 0.717) is 0 Å². The van der Waals surface area contributed by atoms with Gasteiger partial charge in [0.1, 0.15) is 0 Å². The first kappa shape index (κ1) is 43.9. The Hall–Kier alpha value is -3.26. The third-order valence-corrected chi connectivity index (χ3v) is 12.9. The summed E-state index contributed by atoms with van der Waals surface area (Å²) in [7, 11) is 0. The van der Waals surface area contributed by atoms with Crippen molar-refractivity contribution >= 4 is 33.1 Å². The molecule has 1 aliphatic carbocycles. The number of fused-ring (bicyclic) bond motifs is 4. The zero-order chi connectivity index (χ0) is 39.5. The van der Waals surface area contributed by atoms with Crippen LogP contribution in [0.1, 0.15) is 236 Å². The fourth-order valence-electron chi connectivity index (χ4n) is 9.78. The maximum atomic E-state index is 15.8. The molecular formula is C54H76O2. The normalized spacial score (nSPS) is 12.6. The van der Waals surface area contributed by atoms with E-state index < -0.39 is 0 Å². The van der Waals surface area contributed by atoms with Gasteiger partial charge < -0.3 is 0 Å². The molecule has 5 rings (SSSR count). The second-order valence-corrected chi connectivity index (χ2v) is 17.2. The van der Waals surface area contributed by atoms with Crippen LogP contribution in [0.5, 0.6) is 0 Å². The number of hydrogen-bond donors (Lipinski definition) is 0. The standard InChI is InChI=1S/C54H76O2/c1-5-9-13-17-21-25-37-45-41-33-29-30-34-42(41)46(38-26-22-18-14-10-6-2)50-49(45)53(55)51-47(39-27-23-19-15-11-7-3)43-35-31-32-36-44(43)48(52(51)54(50)56)40-28-24-20-16-12-8-4/h29-36H,5-28,37-40H2,1-4H3. The van der Waals surface area contributed by atoms with Gasteiger partial charge in [-0.1, -0.05) is 205 Å². The fraction of sp³-hybridized carbons (Fsp3) is 0.593. The van der Waals surface area contributed by atoms with Crippen molar-refractivity contribution < 1.29 is 9.59 Å². The summed E-state index contributed by atoms with van der Waals surface area (Å²) in [5, 5.41) is 4.82. The summed E-state index contributed by atoms with van der Waals surface area (Å²) >= 11 is 0. The summed E-state index contributed by atoms with van der Waals surface area (Å²) in [6.07, 6.45) is 32.4. The molecule has 2 nitrogen and oxygen atoms in total. The van der Waals surface area contributed by atoms with E-state index in [2.05, 4.69) is 76.2 Å². The first-order valence-electron chi connectivity index (χ1n) is 23.8. The van der Waals surface area contributed by atoms with E-state index in [1.807, 2.05) is 0 Å². The molecule has 0 atom stereocenters. The average molecular weight is 757 g/mol. The van der Waals surface area contributed by atoms with Crippen molar-refractivity contribution in [2.24, 2.45) is 0 Å². The number of carbonyl (C=O) groups is 2. The highest BCUT2D eigenvalue weighted by molar-refractivity contribution is 6.33. The van der Waals surface area contributed by atoms with Crippen LogP contribution in [-0.2, 0) is 25.7 Å². The maximum Gasteiger partial charge on any atom is 0.195 e. The van der Waals surface area contributed by atoms with Gasteiger partial charge >= 0.3 is 0 Å². The van der Waals surface area contributed by atoms with Crippen molar-refractivity contribution in [2.45, 2.75) is 207 Å². The first-order chi connectivity index (χ1) is 27.6. The smallest absolute Gasteiger partial charge is 0.195 e. The lowest BCUT2D eigenvalue weighted by Crippen LogP contribution is -2.28. The molecule has 0 saturated heterocycles. The number of carbonyl (C=O) groups excluding carboxylic acids is 2.